The minimum atomic E-state index is -0.421. The van der Waals surface area contributed by atoms with E-state index in [1.54, 1.807) is 10.7 Å². The van der Waals surface area contributed by atoms with E-state index in [-0.39, 0.29) is 5.75 Å². The van der Waals surface area contributed by atoms with E-state index in [0.29, 0.717) is 10.3 Å². The van der Waals surface area contributed by atoms with Crippen molar-refractivity contribution in [2.75, 3.05) is 7.11 Å². The van der Waals surface area contributed by atoms with Crippen molar-refractivity contribution < 1.29 is 9.13 Å². The molecule has 0 unspecified atom stereocenters. The minimum Gasteiger partial charge on any atom is -0.494 e. The average molecular weight is 306 g/mol. The number of nitrogens with zero attached hydrogens (tertiary/aromatic N) is 3. The molecule has 2 aromatic heterocycles. The zero-order chi connectivity index (χ0) is 15.1. The number of H-pyrrole nitrogens is 1. The van der Waals surface area contributed by atoms with E-state index in [0.717, 1.165) is 23.3 Å². The van der Waals surface area contributed by atoms with Crippen molar-refractivity contribution in [1.29, 1.82) is 0 Å². The molecule has 110 valence electrons. The summed E-state index contributed by atoms with van der Waals surface area (Å²) in [7, 11) is 3.30. The third-order valence-electron chi connectivity index (χ3n) is 3.41. The molecule has 0 fully saturated rings. The quantitative estimate of drug-likeness (QED) is 0.756. The minimum absolute atomic E-state index is 0.187. The fraction of sp³-hybridized carbons (Fsp3) is 0.286. The lowest BCUT2D eigenvalue weighted by molar-refractivity contribution is 0.387. The van der Waals surface area contributed by atoms with Crippen LogP contribution in [0.2, 0.25) is 0 Å². The second-order valence-corrected chi connectivity index (χ2v) is 5.14. The summed E-state index contributed by atoms with van der Waals surface area (Å²) in [6.07, 6.45) is 2.68. The van der Waals surface area contributed by atoms with Crippen LogP contribution >= 0.6 is 12.2 Å². The first-order chi connectivity index (χ1) is 10.0. The lowest BCUT2D eigenvalue weighted by atomic mass is 10.2. The van der Waals surface area contributed by atoms with Crippen LogP contribution in [0.5, 0.6) is 5.75 Å². The number of halogens is 1. The Morgan fingerprint density at radius 3 is 2.86 bits per heavy atom. The van der Waals surface area contributed by atoms with Gasteiger partial charge in [-0.25, -0.2) is 4.39 Å². The second kappa shape index (κ2) is 5.00. The van der Waals surface area contributed by atoms with Crippen LogP contribution in [-0.4, -0.2) is 26.4 Å². The molecule has 0 radical (unpaired) electrons. The molecule has 5 nitrogen and oxygen atoms in total. The Bertz CT molecular complexity index is 877. The third kappa shape index (κ3) is 2.13. The number of methoxy groups -OCH3 is 1. The number of ether oxygens (including phenoxy) is 1. The summed E-state index contributed by atoms with van der Waals surface area (Å²) in [6.45, 7) is 2.03. The molecule has 0 amide bonds. The summed E-state index contributed by atoms with van der Waals surface area (Å²) in [5.74, 6) is -0.234. The third-order valence-corrected chi connectivity index (χ3v) is 3.70. The van der Waals surface area contributed by atoms with E-state index in [9.17, 15) is 4.39 Å². The van der Waals surface area contributed by atoms with Crippen LogP contribution in [-0.2, 0) is 13.5 Å². The first-order valence-electron chi connectivity index (χ1n) is 6.56. The van der Waals surface area contributed by atoms with Crippen molar-refractivity contribution >= 4 is 23.3 Å². The van der Waals surface area contributed by atoms with Crippen LogP contribution in [0.15, 0.2) is 18.3 Å². The van der Waals surface area contributed by atoms with Crippen molar-refractivity contribution in [3.05, 3.63) is 34.6 Å². The number of hydrogen-bond acceptors (Lipinski definition) is 3. The van der Waals surface area contributed by atoms with E-state index in [4.69, 9.17) is 17.0 Å². The maximum atomic E-state index is 13.8. The molecule has 0 saturated heterocycles. The first-order valence-corrected chi connectivity index (χ1v) is 6.97. The number of hydrogen-bond donors (Lipinski definition) is 1. The van der Waals surface area contributed by atoms with Gasteiger partial charge in [-0.1, -0.05) is 6.92 Å². The van der Waals surface area contributed by atoms with Gasteiger partial charge in [-0.3, -0.25) is 9.25 Å². The number of fused-ring (bicyclic) bond motifs is 1. The molecule has 21 heavy (non-hydrogen) atoms. The number of rotatable bonds is 3. The molecule has 3 rings (SSSR count). The molecule has 0 atom stereocenters. The molecule has 0 spiro atoms. The highest BCUT2D eigenvalue weighted by molar-refractivity contribution is 7.71. The molecule has 7 heteroatoms. The number of aryl methyl sites for hydroxylation is 2. The molecule has 3 aromatic rings. The fourth-order valence-electron chi connectivity index (χ4n) is 2.46. The maximum absolute atomic E-state index is 13.8. The van der Waals surface area contributed by atoms with Crippen LogP contribution in [0.4, 0.5) is 4.39 Å². The van der Waals surface area contributed by atoms with E-state index < -0.39 is 5.82 Å². The normalized spacial score (nSPS) is 11.2. The molecule has 0 saturated carbocycles. The Labute approximate surface area is 126 Å². The standard InChI is InChI=1S/C14H15FN4OS/c1-4-9-12(7-18(2)17-9)19-11-6-13(20-3)8(15)5-10(11)16-14(19)21/h5-7H,4H2,1-3H3,(H,16,21). The van der Waals surface area contributed by atoms with Crippen LogP contribution in [0.1, 0.15) is 12.6 Å². The van der Waals surface area contributed by atoms with Gasteiger partial charge in [0.1, 0.15) is 0 Å². The van der Waals surface area contributed by atoms with Gasteiger partial charge in [-0.05, 0) is 18.6 Å². The van der Waals surface area contributed by atoms with Crippen LogP contribution in [0, 0.1) is 10.6 Å². The molecule has 0 bridgehead atoms. The Kier molecular flexibility index (Phi) is 3.29. The van der Waals surface area contributed by atoms with Gasteiger partial charge < -0.3 is 9.72 Å². The van der Waals surface area contributed by atoms with Gasteiger partial charge in [0.05, 0.1) is 29.5 Å². The SMILES string of the molecule is CCc1nn(C)cc1-n1c(=S)[nH]c2cc(F)c(OC)cc21. The highest BCUT2D eigenvalue weighted by Gasteiger charge is 2.15. The zero-order valence-electron chi connectivity index (χ0n) is 12.0. The largest absolute Gasteiger partial charge is 0.494 e. The summed E-state index contributed by atoms with van der Waals surface area (Å²) >= 11 is 5.38. The Balaban J connectivity index is 2.36. The van der Waals surface area contributed by atoms with E-state index in [1.807, 2.05) is 24.7 Å². The van der Waals surface area contributed by atoms with Crippen LogP contribution in [0.25, 0.3) is 16.7 Å². The van der Waals surface area contributed by atoms with E-state index in [2.05, 4.69) is 10.1 Å². The molecular weight excluding hydrogens is 291 g/mol. The lowest BCUT2D eigenvalue weighted by Gasteiger charge is -2.06. The van der Waals surface area contributed by atoms with E-state index >= 15 is 0 Å². The van der Waals surface area contributed by atoms with Crippen molar-refractivity contribution in [2.24, 2.45) is 7.05 Å². The molecule has 1 aromatic carbocycles. The van der Waals surface area contributed by atoms with Gasteiger partial charge in [0, 0.05) is 25.4 Å². The van der Waals surface area contributed by atoms with Gasteiger partial charge in [0.15, 0.2) is 16.3 Å². The lowest BCUT2D eigenvalue weighted by Crippen LogP contribution is -1.97. The van der Waals surface area contributed by atoms with Crippen LogP contribution < -0.4 is 4.74 Å². The fourth-order valence-corrected chi connectivity index (χ4v) is 2.77. The molecule has 1 N–H and O–H groups in total. The van der Waals surface area contributed by atoms with Crippen molar-refractivity contribution in [3.63, 3.8) is 0 Å². The van der Waals surface area contributed by atoms with Gasteiger partial charge in [-0.2, -0.15) is 5.10 Å². The monoisotopic (exact) mass is 306 g/mol. The van der Waals surface area contributed by atoms with Gasteiger partial charge in [0.25, 0.3) is 0 Å². The summed E-state index contributed by atoms with van der Waals surface area (Å²) in [5, 5.41) is 4.42. The average Bonchev–Trinajstić information content (AvgIpc) is 2.96. The van der Waals surface area contributed by atoms with Crippen molar-refractivity contribution in [2.45, 2.75) is 13.3 Å². The highest BCUT2D eigenvalue weighted by Crippen LogP contribution is 2.27. The predicted molar refractivity (Wildman–Crippen MR) is 81.1 cm³/mol. The molecular formula is C14H15FN4OS. The summed E-state index contributed by atoms with van der Waals surface area (Å²) in [5.41, 5.74) is 3.22. The van der Waals surface area contributed by atoms with Crippen molar-refractivity contribution in [3.8, 4) is 11.4 Å². The number of nitrogens with one attached hydrogen (secondary N) is 1. The Hall–Kier alpha value is -2.15. The van der Waals surface area contributed by atoms with Gasteiger partial charge >= 0.3 is 0 Å². The summed E-state index contributed by atoms with van der Waals surface area (Å²) in [6, 6.07) is 3.03. The zero-order valence-corrected chi connectivity index (χ0v) is 12.8. The topological polar surface area (TPSA) is 47.8 Å². The first kappa shape index (κ1) is 13.8. The molecule has 0 aliphatic carbocycles. The smallest absolute Gasteiger partial charge is 0.182 e. The highest BCUT2D eigenvalue weighted by atomic mass is 32.1. The predicted octanol–water partition coefficient (Wildman–Crippen LogP) is 3.13. The number of aromatic amines is 1. The van der Waals surface area contributed by atoms with Crippen LogP contribution in [0.3, 0.4) is 0 Å². The number of imidazole rings is 1. The molecule has 0 aliphatic heterocycles. The van der Waals surface area contributed by atoms with E-state index in [1.165, 1.54) is 13.2 Å². The number of benzene rings is 1. The Morgan fingerprint density at radius 1 is 1.43 bits per heavy atom. The Morgan fingerprint density at radius 2 is 2.19 bits per heavy atom. The van der Waals surface area contributed by atoms with Crippen molar-refractivity contribution in [1.82, 2.24) is 19.3 Å². The second-order valence-electron chi connectivity index (χ2n) is 4.76. The van der Waals surface area contributed by atoms with Gasteiger partial charge in [-0.15, -0.1) is 0 Å². The van der Waals surface area contributed by atoms with Gasteiger partial charge in [0.2, 0.25) is 0 Å². The number of aromatic nitrogens is 4. The summed E-state index contributed by atoms with van der Waals surface area (Å²) < 4.78 is 23.0. The molecule has 2 heterocycles. The summed E-state index contributed by atoms with van der Waals surface area (Å²) in [4.78, 5) is 3.02. The maximum Gasteiger partial charge on any atom is 0.182 e. The molecule has 0 aliphatic rings.